The summed E-state index contributed by atoms with van der Waals surface area (Å²) in [6.07, 6.45) is 1.96. The third-order valence-corrected chi connectivity index (χ3v) is 4.42. The molecule has 1 heterocycles. The summed E-state index contributed by atoms with van der Waals surface area (Å²) in [7, 11) is 0. The molecule has 0 spiro atoms. The second kappa shape index (κ2) is 6.65. The number of amides is 2. The number of benzene rings is 1. The van der Waals surface area contributed by atoms with Crippen molar-refractivity contribution in [1.82, 2.24) is 5.32 Å². The third kappa shape index (κ3) is 3.66. The molecule has 2 rings (SSSR count). The highest BCUT2D eigenvalue weighted by Crippen LogP contribution is 2.20. The normalized spacial score (nSPS) is 15.7. The molecule has 0 aromatic heterocycles. The van der Waals surface area contributed by atoms with Gasteiger partial charge in [0.15, 0.2) is 0 Å². The summed E-state index contributed by atoms with van der Waals surface area (Å²) in [4.78, 5) is 23.0. The van der Waals surface area contributed by atoms with Crippen molar-refractivity contribution in [2.45, 2.75) is 25.8 Å². The Morgan fingerprint density at radius 2 is 2.00 bits per heavy atom. The van der Waals surface area contributed by atoms with E-state index >= 15 is 0 Å². The minimum absolute atomic E-state index is 0.205. The van der Waals surface area contributed by atoms with Crippen LogP contribution in [0.5, 0.6) is 0 Å². The summed E-state index contributed by atoms with van der Waals surface area (Å²) in [6, 6.07) is 4.80. The van der Waals surface area contributed by atoms with Gasteiger partial charge in [0.1, 0.15) is 0 Å². The van der Waals surface area contributed by atoms with Crippen LogP contribution in [0.3, 0.4) is 0 Å². The number of rotatable bonds is 3. The minimum atomic E-state index is -0.990. The lowest BCUT2D eigenvalue weighted by Crippen LogP contribution is -2.40. The number of urea groups is 1. The molecule has 20 heavy (non-hydrogen) atoms. The Kier molecular flexibility index (Phi) is 4.89. The Bertz CT molecular complexity index is 513. The van der Waals surface area contributed by atoms with E-state index < -0.39 is 5.97 Å². The van der Waals surface area contributed by atoms with Crippen LogP contribution in [0.2, 0.25) is 0 Å². The summed E-state index contributed by atoms with van der Waals surface area (Å²) in [6.45, 7) is 1.69. The monoisotopic (exact) mass is 294 g/mol. The first-order valence-electron chi connectivity index (χ1n) is 6.56. The highest BCUT2D eigenvalue weighted by atomic mass is 32.2. The van der Waals surface area contributed by atoms with Crippen LogP contribution in [0.25, 0.3) is 0 Å². The van der Waals surface area contributed by atoms with Gasteiger partial charge in [0.25, 0.3) is 0 Å². The number of hydrogen-bond donors (Lipinski definition) is 3. The van der Waals surface area contributed by atoms with Crippen LogP contribution >= 0.6 is 11.8 Å². The van der Waals surface area contributed by atoms with Crippen molar-refractivity contribution in [3.8, 4) is 0 Å². The lowest BCUT2D eigenvalue weighted by molar-refractivity contribution is 0.0696. The molecule has 1 saturated heterocycles. The van der Waals surface area contributed by atoms with E-state index in [1.165, 1.54) is 6.07 Å². The minimum Gasteiger partial charge on any atom is -0.478 e. The molecule has 1 aliphatic heterocycles. The maximum Gasteiger partial charge on any atom is 0.336 e. The molecule has 6 heteroatoms. The average molecular weight is 294 g/mol. The number of carbonyl (C=O) groups excluding carboxylic acids is 1. The quantitative estimate of drug-likeness (QED) is 0.801. The highest BCUT2D eigenvalue weighted by molar-refractivity contribution is 7.99. The van der Waals surface area contributed by atoms with Gasteiger partial charge in [-0.3, -0.25) is 0 Å². The van der Waals surface area contributed by atoms with Crippen LogP contribution in [0.4, 0.5) is 10.5 Å². The Morgan fingerprint density at radius 3 is 2.65 bits per heavy atom. The molecule has 0 atom stereocenters. The maximum absolute atomic E-state index is 11.9. The maximum atomic E-state index is 11.9. The predicted octanol–water partition coefficient (Wildman–Crippen LogP) is 2.71. The van der Waals surface area contributed by atoms with Crippen molar-refractivity contribution >= 4 is 29.4 Å². The summed E-state index contributed by atoms with van der Waals surface area (Å²) in [5.74, 6) is 1.15. The lowest BCUT2D eigenvalue weighted by atomic mass is 10.1. The van der Waals surface area contributed by atoms with Crippen molar-refractivity contribution in [2.75, 3.05) is 16.8 Å². The molecule has 0 bridgehead atoms. The van der Waals surface area contributed by atoms with Crippen LogP contribution < -0.4 is 10.6 Å². The van der Waals surface area contributed by atoms with Crippen LogP contribution in [0.15, 0.2) is 18.2 Å². The van der Waals surface area contributed by atoms with Crippen molar-refractivity contribution in [3.63, 3.8) is 0 Å². The average Bonchev–Trinajstić information content (AvgIpc) is 2.42. The molecule has 108 valence electrons. The Morgan fingerprint density at radius 1 is 1.30 bits per heavy atom. The van der Waals surface area contributed by atoms with Gasteiger partial charge in [0, 0.05) is 11.7 Å². The first-order chi connectivity index (χ1) is 9.58. The van der Waals surface area contributed by atoms with Crippen molar-refractivity contribution in [3.05, 3.63) is 29.3 Å². The molecule has 1 fully saturated rings. The number of thioether (sulfide) groups is 1. The van der Waals surface area contributed by atoms with Gasteiger partial charge in [0.2, 0.25) is 0 Å². The van der Waals surface area contributed by atoms with E-state index in [0.717, 1.165) is 24.3 Å². The van der Waals surface area contributed by atoms with E-state index in [9.17, 15) is 9.59 Å². The van der Waals surface area contributed by atoms with E-state index in [-0.39, 0.29) is 17.6 Å². The molecule has 0 unspecified atom stereocenters. The van der Waals surface area contributed by atoms with Crippen LogP contribution in [0.1, 0.15) is 28.8 Å². The molecular weight excluding hydrogens is 276 g/mol. The summed E-state index contributed by atoms with van der Waals surface area (Å²) < 4.78 is 0. The van der Waals surface area contributed by atoms with Gasteiger partial charge in [-0.25, -0.2) is 9.59 Å². The number of carboxylic acids is 1. The summed E-state index contributed by atoms with van der Waals surface area (Å²) in [5, 5.41) is 14.7. The molecule has 1 aliphatic rings. The Labute approximate surface area is 122 Å². The molecule has 3 N–H and O–H groups in total. The third-order valence-electron chi connectivity index (χ3n) is 3.37. The predicted molar refractivity (Wildman–Crippen MR) is 80.6 cm³/mol. The number of anilines is 1. The standard InChI is InChI=1S/C14H18N2O3S/c1-9-11(13(17)18)3-2-4-12(9)16-14(19)15-10-5-7-20-8-6-10/h2-4,10H,5-8H2,1H3,(H,17,18)(H2,15,16,19). The number of nitrogens with one attached hydrogen (secondary N) is 2. The van der Waals surface area contributed by atoms with Gasteiger partial charge < -0.3 is 15.7 Å². The fourth-order valence-corrected chi connectivity index (χ4v) is 3.29. The molecule has 5 nitrogen and oxygen atoms in total. The van der Waals surface area contributed by atoms with Crippen LogP contribution in [0, 0.1) is 6.92 Å². The zero-order chi connectivity index (χ0) is 14.5. The van der Waals surface area contributed by atoms with E-state index in [1.54, 1.807) is 19.1 Å². The van der Waals surface area contributed by atoms with Gasteiger partial charge in [-0.1, -0.05) is 6.07 Å². The zero-order valence-corrected chi connectivity index (χ0v) is 12.1. The number of carbonyl (C=O) groups is 2. The number of hydrogen-bond acceptors (Lipinski definition) is 3. The van der Waals surface area contributed by atoms with E-state index in [2.05, 4.69) is 10.6 Å². The van der Waals surface area contributed by atoms with Crippen LogP contribution in [-0.4, -0.2) is 34.7 Å². The smallest absolute Gasteiger partial charge is 0.336 e. The van der Waals surface area contributed by atoms with Gasteiger partial charge in [-0.05, 0) is 49.0 Å². The summed E-state index contributed by atoms with van der Waals surface area (Å²) in [5.41, 5.74) is 1.30. The fraction of sp³-hybridized carbons (Fsp3) is 0.429. The SMILES string of the molecule is Cc1c(NC(=O)NC2CCSCC2)cccc1C(=O)O. The first-order valence-corrected chi connectivity index (χ1v) is 7.71. The van der Waals surface area contributed by atoms with E-state index in [4.69, 9.17) is 5.11 Å². The van der Waals surface area contributed by atoms with Gasteiger partial charge >= 0.3 is 12.0 Å². The molecule has 1 aromatic rings. The fourth-order valence-electron chi connectivity index (χ4n) is 2.19. The molecule has 0 saturated carbocycles. The topological polar surface area (TPSA) is 78.4 Å². The second-order valence-corrected chi connectivity index (χ2v) is 5.99. The first kappa shape index (κ1) is 14.7. The number of aromatic carboxylic acids is 1. The van der Waals surface area contributed by atoms with E-state index in [1.807, 2.05) is 11.8 Å². The second-order valence-electron chi connectivity index (χ2n) is 4.77. The highest BCUT2D eigenvalue weighted by Gasteiger charge is 2.17. The van der Waals surface area contributed by atoms with Crippen LogP contribution in [-0.2, 0) is 0 Å². The van der Waals surface area contributed by atoms with Gasteiger partial charge in [0.05, 0.1) is 5.56 Å². The Hall–Kier alpha value is -1.69. The van der Waals surface area contributed by atoms with Crippen molar-refractivity contribution in [2.24, 2.45) is 0 Å². The van der Waals surface area contributed by atoms with Crippen molar-refractivity contribution < 1.29 is 14.7 Å². The van der Waals surface area contributed by atoms with E-state index in [0.29, 0.717) is 11.3 Å². The van der Waals surface area contributed by atoms with Gasteiger partial charge in [-0.15, -0.1) is 0 Å². The molecule has 0 radical (unpaired) electrons. The Balaban J connectivity index is 2.00. The molecule has 0 aliphatic carbocycles. The van der Waals surface area contributed by atoms with Crippen molar-refractivity contribution in [1.29, 1.82) is 0 Å². The summed E-state index contributed by atoms with van der Waals surface area (Å²) >= 11 is 1.90. The van der Waals surface area contributed by atoms with Gasteiger partial charge in [-0.2, -0.15) is 11.8 Å². The molecule has 1 aromatic carbocycles. The number of carboxylic acid groups (broad SMARTS) is 1. The molecular formula is C14H18N2O3S. The largest absolute Gasteiger partial charge is 0.478 e. The zero-order valence-electron chi connectivity index (χ0n) is 11.3. The lowest BCUT2D eigenvalue weighted by Gasteiger charge is -2.23. The molecule has 2 amide bonds.